The van der Waals surface area contributed by atoms with Gasteiger partial charge in [-0.1, -0.05) is 50.5 Å². The van der Waals surface area contributed by atoms with Crippen molar-refractivity contribution in [3.05, 3.63) is 0 Å². The van der Waals surface area contributed by atoms with Gasteiger partial charge in [0.05, 0.1) is 6.61 Å². The lowest BCUT2D eigenvalue weighted by atomic mass is 9.91. The van der Waals surface area contributed by atoms with Crippen molar-refractivity contribution in [2.75, 3.05) is 19.8 Å². The van der Waals surface area contributed by atoms with Crippen LogP contribution in [0.2, 0.25) is 0 Å². The fraction of sp³-hybridized carbons (Fsp3) is 0.938. The second kappa shape index (κ2) is 12.6. The van der Waals surface area contributed by atoms with E-state index in [1.54, 1.807) is 0 Å². The van der Waals surface area contributed by atoms with E-state index >= 15 is 0 Å². The third-order valence-electron chi connectivity index (χ3n) is 1.97. The van der Waals surface area contributed by atoms with Crippen LogP contribution in [0.4, 0.5) is 0 Å². The van der Waals surface area contributed by atoms with Crippen LogP contribution in [0.25, 0.3) is 0 Å². The number of hydrogen-bond donors (Lipinski definition) is 1. The summed E-state index contributed by atoms with van der Waals surface area (Å²) in [6, 6.07) is 0. The minimum atomic E-state index is -0.294. The minimum absolute atomic E-state index is 0. The number of nitrogens with one attached hydrogen (secondary N) is 1. The summed E-state index contributed by atoms with van der Waals surface area (Å²) in [6.07, 6.45) is 0. The van der Waals surface area contributed by atoms with Crippen LogP contribution < -0.4 is 5.32 Å². The van der Waals surface area contributed by atoms with E-state index < -0.39 is 0 Å². The topological polar surface area (TPSA) is 38.3 Å². The smallest absolute Gasteiger partial charge is 0.163 e. The Morgan fingerprint density at radius 2 is 1.37 bits per heavy atom. The van der Waals surface area contributed by atoms with E-state index in [1.165, 1.54) is 0 Å². The van der Waals surface area contributed by atoms with Gasteiger partial charge in [0, 0.05) is 17.5 Å². The van der Waals surface area contributed by atoms with Crippen LogP contribution in [0.15, 0.2) is 0 Å². The molecule has 0 amide bonds. The van der Waals surface area contributed by atoms with Gasteiger partial charge in [0.15, 0.2) is 5.78 Å². The molecule has 122 valence electrons. The monoisotopic (exact) mass is 279 g/mol. The Kier molecular flexibility index (Phi) is 20.7. The predicted octanol–water partition coefficient (Wildman–Crippen LogP) is 4.55. The molecule has 0 radical (unpaired) electrons. The Labute approximate surface area is 123 Å². The average Bonchev–Trinajstić information content (AvgIpc) is 1.99. The molecule has 0 aliphatic rings. The summed E-state index contributed by atoms with van der Waals surface area (Å²) in [5, 5.41) is 3.30. The van der Waals surface area contributed by atoms with Crippen LogP contribution in [0.1, 0.15) is 71.2 Å². The number of ether oxygens (including phenoxy) is 1. The Morgan fingerprint density at radius 1 is 0.947 bits per heavy atom. The third-order valence-corrected chi connectivity index (χ3v) is 1.97. The number of rotatable bonds is 5. The predicted molar refractivity (Wildman–Crippen MR) is 90.0 cm³/mol. The van der Waals surface area contributed by atoms with Gasteiger partial charge in [0.2, 0.25) is 0 Å². The van der Waals surface area contributed by atoms with Gasteiger partial charge >= 0.3 is 0 Å². The Balaban J connectivity index is -0.000000163. The van der Waals surface area contributed by atoms with Crippen LogP contribution in [0.3, 0.4) is 0 Å². The number of carbonyl (C=O) groups excluding carboxylic acids is 1. The molecule has 0 saturated carbocycles. The van der Waals surface area contributed by atoms with Crippen LogP contribution >= 0.6 is 0 Å². The van der Waals surface area contributed by atoms with Crippen LogP contribution in [-0.2, 0) is 9.53 Å². The highest BCUT2D eigenvalue weighted by atomic mass is 16.5. The summed E-state index contributed by atoms with van der Waals surface area (Å²) < 4.78 is 5.31. The Bertz CT molecular complexity index is 200. The van der Waals surface area contributed by atoms with Gasteiger partial charge in [-0.05, 0) is 20.8 Å². The zero-order valence-electron chi connectivity index (χ0n) is 10.9. The lowest BCUT2D eigenvalue weighted by Crippen LogP contribution is -2.38. The zero-order chi connectivity index (χ0) is 12.1. The fourth-order valence-electron chi connectivity index (χ4n) is 0.880. The lowest BCUT2D eigenvalue weighted by molar-refractivity contribution is -0.131. The second-order valence-corrected chi connectivity index (χ2v) is 5.90. The summed E-state index contributed by atoms with van der Waals surface area (Å²) in [5.74, 6) is 0.151. The van der Waals surface area contributed by atoms with E-state index in [4.69, 9.17) is 4.74 Å². The molecular weight excluding hydrogens is 238 g/mol. The summed E-state index contributed by atoms with van der Waals surface area (Å²) in [4.78, 5) is 11.5. The molecule has 0 bridgehead atoms. The first-order valence-corrected chi connectivity index (χ1v) is 5.49. The van der Waals surface area contributed by atoms with Crippen molar-refractivity contribution < 1.29 is 9.53 Å². The molecule has 0 rings (SSSR count). The number of hydrogen-bond acceptors (Lipinski definition) is 3. The maximum absolute atomic E-state index is 11.5. The van der Waals surface area contributed by atoms with E-state index in [0.717, 1.165) is 6.54 Å². The molecule has 0 aromatic rings. The van der Waals surface area contributed by atoms with Gasteiger partial charge in [-0.15, -0.1) is 0 Å². The summed E-state index contributed by atoms with van der Waals surface area (Å²) in [5.41, 5.74) is -0.186. The maximum Gasteiger partial charge on any atom is 0.163 e. The maximum atomic E-state index is 11.5. The average molecular weight is 280 g/mol. The van der Waals surface area contributed by atoms with Crippen molar-refractivity contribution in [1.82, 2.24) is 5.32 Å². The first kappa shape index (κ1) is 31.1. The highest BCUT2D eigenvalue weighted by Crippen LogP contribution is 2.14. The fourth-order valence-corrected chi connectivity index (χ4v) is 0.880. The van der Waals surface area contributed by atoms with Gasteiger partial charge in [-0.25, -0.2) is 0 Å². The molecule has 0 aromatic carbocycles. The SMILES string of the molecule is C.C.C.C.CC(C)(C)NCCOCC(=O)C(C)(C)C. The quantitative estimate of drug-likeness (QED) is 0.750. The molecule has 0 heterocycles. The van der Waals surface area contributed by atoms with Crippen molar-refractivity contribution >= 4 is 5.78 Å². The molecule has 1 N–H and O–H groups in total. The van der Waals surface area contributed by atoms with Gasteiger partial charge in [0.25, 0.3) is 0 Å². The summed E-state index contributed by atoms with van der Waals surface area (Å²) in [7, 11) is 0. The molecule has 0 atom stereocenters. The third kappa shape index (κ3) is 20.1. The molecule has 0 aromatic heterocycles. The van der Waals surface area contributed by atoms with Crippen LogP contribution in [0, 0.1) is 5.41 Å². The molecule has 0 aliphatic carbocycles. The number of Topliss-reactive ketones (excluding diaryl/α,β-unsaturated/α-hetero) is 1. The standard InChI is InChI=1S/C12H25NO2.4CH4/c1-11(2,3)10(14)9-15-8-7-13-12(4,5)6;;;;/h13H,7-9H2,1-6H3;4*1H4. The van der Waals surface area contributed by atoms with Gasteiger partial charge in [0.1, 0.15) is 6.61 Å². The molecule has 19 heavy (non-hydrogen) atoms. The lowest BCUT2D eigenvalue weighted by Gasteiger charge is -2.21. The van der Waals surface area contributed by atoms with E-state index in [9.17, 15) is 4.79 Å². The summed E-state index contributed by atoms with van der Waals surface area (Å²) in [6.45, 7) is 13.6. The number of carbonyl (C=O) groups is 1. The molecular formula is C16H41NO2. The largest absolute Gasteiger partial charge is 0.372 e. The second-order valence-electron chi connectivity index (χ2n) is 5.90. The first-order valence-electron chi connectivity index (χ1n) is 5.49. The van der Waals surface area contributed by atoms with Crippen molar-refractivity contribution in [2.45, 2.75) is 76.8 Å². The van der Waals surface area contributed by atoms with E-state index in [-0.39, 0.29) is 53.1 Å². The van der Waals surface area contributed by atoms with Crippen molar-refractivity contribution in [2.24, 2.45) is 5.41 Å². The van der Waals surface area contributed by atoms with Crippen molar-refractivity contribution in [3.63, 3.8) is 0 Å². The van der Waals surface area contributed by atoms with Crippen molar-refractivity contribution in [1.29, 1.82) is 0 Å². The minimum Gasteiger partial charge on any atom is -0.372 e. The highest BCUT2D eigenvalue weighted by Gasteiger charge is 2.20. The number of ketones is 1. The molecule has 0 spiro atoms. The van der Waals surface area contributed by atoms with Gasteiger partial charge in [-0.3, -0.25) is 4.79 Å². The molecule has 3 heteroatoms. The molecule has 0 saturated heterocycles. The van der Waals surface area contributed by atoms with Gasteiger partial charge in [-0.2, -0.15) is 0 Å². The molecule has 0 aliphatic heterocycles. The van der Waals surface area contributed by atoms with Gasteiger partial charge < -0.3 is 10.1 Å². The zero-order valence-corrected chi connectivity index (χ0v) is 10.9. The highest BCUT2D eigenvalue weighted by molar-refractivity contribution is 5.84. The van der Waals surface area contributed by atoms with E-state index in [0.29, 0.717) is 6.61 Å². The molecule has 0 unspecified atom stereocenters. The summed E-state index contributed by atoms with van der Waals surface area (Å²) >= 11 is 0. The molecule has 0 fully saturated rings. The Morgan fingerprint density at radius 3 is 1.68 bits per heavy atom. The first-order chi connectivity index (χ1) is 6.63. The Hall–Kier alpha value is -0.410. The molecule has 3 nitrogen and oxygen atoms in total. The van der Waals surface area contributed by atoms with Crippen molar-refractivity contribution in [3.8, 4) is 0 Å². The van der Waals surface area contributed by atoms with Crippen LogP contribution in [0.5, 0.6) is 0 Å². The van der Waals surface area contributed by atoms with Crippen LogP contribution in [-0.4, -0.2) is 31.1 Å². The van der Waals surface area contributed by atoms with E-state index in [1.807, 2.05) is 20.8 Å². The van der Waals surface area contributed by atoms with E-state index in [2.05, 4.69) is 26.1 Å². The normalized spacial score (nSPS) is 10.2.